The van der Waals surface area contributed by atoms with E-state index < -0.39 is 0 Å². The van der Waals surface area contributed by atoms with Crippen LogP contribution in [-0.2, 0) is 13.5 Å². The molecule has 0 spiro atoms. The summed E-state index contributed by atoms with van der Waals surface area (Å²) in [6.07, 6.45) is 3.02. The Morgan fingerprint density at radius 3 is 2.73 bits per heavy atom. The summed E-state index contributed by atoms with van der Waals surface area (Å²) in [5.41, 5.74) is 1.31. The lowest BCUT2D eigenvalue weighted by Crippen LogP contribution is -1.95. The highest BCUT2D eigenvalue weighted by Crippen LogP contribution is 2.16. The van der Waals surface area contributed by atoms with Crippen LogP contribution in [-0.4, -0.2) is 15.3 Å². The van der Waals surface area contributed by atoms with Gasteiger partial charge >= 0.3 is 0 Å². The zero-order chi connectivity index (χ0) is 8.27. The zero-order valence-electron chi connectivity index (χ0n) is 7.29. The molecule has 3 heteroatoms. The third-order valence-electron chi connectivity index (χ3n) is 1.68. The highest BCUT2D eigenvalue weighted by Gasteiger charge is 2.02. The van der Waals surface area contributed by atoms with Gasteiger partial charge < -0.3 is 4.57 Å². The van der Waals surface area contributed by atoms with Crippen molar-refractivity contribution < 1.29 is 0 Å². The van der Waals surface area contributed by atoms with Crippen molar-refractivity contribution in [1.29, 1.82) is 0 Å². The summed E-state index contributed by atoms with van der Waals surface area (Å²) in [7, 11) is 2.07. The number of rotatable bonds is 3. The van der Waals surface area contributed by atoms with Crippen molar-refractivity contribution in [3.8, 4) is 0 Å². The maximum atomic E-state index is 4.30. The van der Waals surface area contributed by atoms with Gasteiger partial charge in [0.2, 0.25) is 0 Å². The van der Waals surface area contributed by atoms with Crippen LogP contribution in [0, 0.1) is 0 Å². The van der Waals surface area contributed by atoms with Crippen LogP contribution >= 0.6 is 11.8 Å². The SMILES string of the molecule is CCSc1ncc(CC)n1C. The minimum Gasteiger partial charge on any atom is -0.326 e. The molecule has 0 saturated heterocycles. The maximum Gasteiger partial charge on any atom is 0.167 e. The van der Waals surface area contributed by atoms with Gasteiger partial charge in [-0.15, -0.1) is 0 Å². The van der Waals surface area contributed by atoms with Gasteiger partial charge in [0.05, 0.1) is 0 Å². The number of imidazole rings is 1. The van der Waals surface area contributed by atoms with Gasteiger partial charge in [0.1, 0.15) is 0 Å². The summed E-state index contributed by atoms with van der Waals surface area (Å²) in [5.74, 6) is 1.09. The van der Waals surface area contributed by atoms with Gasteiger partial charge in [0.25, 0.3) is 0 Å². The molecule has 1 heterocycles. The van der Waals surface area contributed by atoms with Crippen LogP contribution < -0.4 is 0 Å². The Labute approximate surface area is 72.0 Å². The van der Waals surface area contributed by atoms with Gasteiger partial charge in [-0.25, -0.2) is 4.98 Å². The molecule has 0 amide bonds. The first-order valence-electron chi connectivity index (χ1n) is 3.93. The van der Waals surface area contributed by atoms with Gasteiger partial charge in [0.15, 0.2) is 5.16 Å². The Morgan fingerprint density at radius 1 is 1.55 bits per heavy atom. The first-order chi connectivity index (χ1) is 5.29. The summed E-state index contributed by atoms with van der Waals surface area (Å²) in [6.45, 7) is 4.29. The second kappa shape index (κ2) is 3.81. The van der Waals surface area contributed by atoms with E-state index in [0.717, 1.165) is 17.3 Å². The van der Waals surface area contributed by atoms with Crippen molar-refractivity contribution in [1.82, 2.24) is 9.55 Å². The van der Waals surface area contributed by atoms with Crippen molar-refractivity contribution >= 4 is 11.8 Å². The molecule has 0 atom stereocenters. The molecular formula is C8H14N2S. The van der Waals surface area contributed by atoms with Gasteiger partial charge in [-0.2, -0.15) is 0 Å². The van der Waals surface area contributed by atoms with Crippen LogP contribution in [0.5, 0.6) is 0 Å². The predicted octanol–water partition coefficient (Wildman–Crippen LogP) is 2.09. The minimum absolute atomic E-state index is 1.06. The largest absolute Gasteiger partial charge is 0.326 e. The summed E-state index contributed by atoms with van der Waals surface area (Å²) < 4.78 is 2.16. The standard InChI is InChI=1S/C8H14N2S/c1-4-7-6-9-8(10(7)3)11-5-2/h6H,4-5H2,1-3H3. The Morgan fingerprint density at radius 2 is 2.27 bits per heavy atom. The van der Waals surface area contributed by atoms with Crippen LogP contribution in [0.1, 0.15) is 19.5 Å². The van der Waals surface area contributed by atoms with Crippen LogP contribution in [0.2, 0.25) is 0 Å². The van der Waals surface area contributed by atoms with Crippen LogP contribution in [0.15, 0.2) is 11.4 Å². The number of aromatic nitrogens is 2. The molecule has 0 aliphatic rings. The van der Waals surface area contributed by atoms with E-state index in [1.807, 2.05) is 6.20 Å². The smallest absolute Gasteiger partial charge is 0.167 e. The molecule has 0 fully saturated rings. The fourth-order valence-corrected chi connectivity index (χ4v) is 1.71. The number of hydrogen-bond donors (Lipinski definition) is 0. The van der Waals surface area contributed by atoms with E-state index in [-0.39, 0.29) is 0 Å². The third kappa shape index (κ3) is 1.77. The van der Waals surface area contributed by atoms with Crippen molar-refractivity contribution in [2.45, 2.75) is 25.4 Å². The molecule has 0 aromatic carbocycles. The van der Waals surface area contributed by atoms with Gasteiger partial charge in [0, 0.05) is 18.9 Å². The molecule has 0 aliphatic carbocycles. The predicted molar refractivity (Wildman–Crippen MR) is 49.0 cm³/mol. The molecule has 1 rings (SSSR count). The van der Waals surface area contributed by atoms with E-state index in [4.69, 9.17) is 0 Å². The van der Waals surface area contributed by atoms with Gasteiger partial charge in [-0.05, 0) is 12.2 Å². The van der Waals surface area contributed by atoms with Crippen LogP contribution in [0.25, 0.3) is 0 Å². The summed E-state index contributed by atoms with van der Waals surface area (Å²) in [4.78, 5) is 4.30. The Balaban J connectivity index is 2.82. The zero-order valence-corrected chi connectivity index (χ0v) is 8.11. The molecule has 0 radical (unpaired) electrons. The van der Waals surface area contributed by atoms with Crippen molar-refractivity contribution in [2.24, 2.45) is 7.05 Å². The molecule has 1 aromatic rings. The molecule has 0 aliphatic heterocycles. The van der Waals surface area contributed by atoms with E-state index in [1.54, 1.807) is 11.8 Å². The second-order valence-electron chi connectivity index (χ2n) is 2.38. The fourth-order valence-electron chi connectivity index (χ4n) is 1.02. The Bertz CT molecular complexity index is 230. The highest BCUT2D eigenvalue weighted by molar-refractivity contribution is 7.99. The topological polar surface area (TPSA) is 17.8 Å². The fraction of sp³-hybridized carbons (Fsp3) is 0.625. The normalized spacial score (nSPS) is 10.5. The van der Waals surface area contributed by atoms with Crippen molar-refractivity contribution in [3.63, 3.8) is 0 Å². The Kier molecular flexibility index (Phi) is 3.00. The van der Waals surface area contributed by atoms with E-state index in [0.29, 0.717) is 0 Å². The number of hydrogen-bond acceptors (Lipinski definition) is 2. The lowest BCUT2D eigenvalue weighted by Gasteiger charge is -2.01. The molecular weight excluding hydrogens is 156 g/mol. The minimum atomic E-state index is 1.06. The average molecular weight is 170 g/mol. The average Bonchev–Trinajstić information content (AvgIpc) is 2.34. The lowest BCUT2D eigenvalue weighted by molar-refractivity contribution is 0.744. The van der Waals surface area contributed by atoms with Crippen LogP contribution in [0.4, 0.5) is 0 Å². The lowest BCUT2D eigenvalue weighted by atomic mass is 10.4. The molecule has 0 N–H and O–H groups in total. The molecule has 11 heavy (non-hydrogen) atoms. The molecule has 2 nitrogen and oxygen atoms in total. The summed E-state index contributed by atoms with van der Waals surface area (Å²) in [6, 6.07) is 0. The van der Waals surface area contributed by atoms with E-state index in [2.05, 4.69) is 30.4 Å². The summed E-state index contributed by atoms with van der Waals surface area (Å²) in [5, 5.41) is 1.13. The molecule has 1 aromatic heterocycles. The Hall–Kier alpha value is -0.440. The second-order valence-corrected chi connectivity index (χ2v) is 3.61. The van der Waals surface area contributed by atoms with E-state index in [1.165, 1.54) is 5.69 Å². The number of thioether (sulfide) groups is 1. The molecule has 0 saturated carbocycles. The highest BCUT2D eigenvalue weighted by atomic mass is 32.2. The monoisotopic (exact) mass is 170 g/mol. The molecule has 0 unspecified atom stereocenters. The number of nitrogens with zero attached hydrogens (tertiary/aromatic N) is 2. The van der Waals surface area contributed by atoms with Crippen molar-refractivity contribution in [2.75, 3.05) is 5.75 Å². The third-order valence-corrected chi connectivity index (χ3v) is 2.60. The van der Waals surface area contributed by atoms with E-state index >= 15 is 0 Å². The summed E-state index contributed by atoms with van der Waals surface area (Å²) >= 11 is 1.79. The maximum absolute atomic E-state index is 4.30. The quantitative estimate of drug-likeness (QED) is 0.646. The van der Waals surface area contributed by atoms with Crippen LogP contribution in [0.3, 0.4) is 0 Å². The molecule has 62 valence electrons. The number of aryl methyl sites for hydroxylation is 1. The van der Waals surface area contributed by atoms with Gasteiger partial charge in [-0.3, -0.25) is 0 Å². The van der Waals surface area contributed by atoms with Crippen molar-refractivity contribution in [3.05, 3.63) is 11.9 Å². The van der Waals surface area contributed by atoms with E-state index in [9.17, 15) is 0 Å². The van der Waals surface area contributed by atoms with Gasteiger partial charge in [-0.1, -0.05) is 25.6 Å². The first kappa shape index (κ1) is 8.65. The first-order valence-corrected chi connectivity index (χ1v) is 4.91. The molecule has 0 bridgehead atoms.